The number of hydrogen-bond acceptors (Lipinski definition) is 5. The lowest BCUT2D eigenvalue weighted by atomic mass is 9.92. The van der Waals surface area contributed by atoms with Crippen LogP contribution in [-0.2, 0) is 17.1 Å². The number of piperidine rings is 1. The first-order valence-corrected chi connectivity index (χ1v) is 12.8. The summed E-state index contributed by atoms with van der Waals surface area (Å²) in [6, 6.07) is 11.0. The molecular formula is C23H35N5O2S. The van der Waals surface area contributed by atoms with Crippen LogP contribution in [0.15, 0.2) is 47.9 Å². The minimum atomic E-state index is -3.60. The van der Waals surface area contributed by atoms with Crippen molar-refractivity contribution in [2.24, 2.45) is 13.0 Å². The molecule has 0 radical (unpaired) electrons. The van der Waals surface area contributed by atoms with Crippen LogP contribution in [-0.4, -0.2) is 72.0 Å². The molecule has 0 bridgehead atoms. The van der Waals surface area contributed by atoms with Crippen molar-refractivity contribution in [2.75, 3.05) is 32.7 Å². The number of nitrogens with zero attached hydrogens (tertiary/aromatic N) is 4. The van der Waals surface area contributed by atoms with Crippen LogP contribution in [0.3, 0.4) is 0 Å². The molecule has 8 heteroatoms. The first kappa shape index (κ1) is 22.5. The van der Waals surface area contributed by atoms with Gasteiger partial charge in [-0.3, -0.25) is 0 Å². The molecule has 1 aromatic heterocycles. The highest BCUT2D eigenvalue weighted by atomic mass is 32.2. The Morgan fingerprint density at radius 3 is 2.45 bits per heavy atom. The van der Waals surface area contributed by atoms with E-state index < -0.39 is 10.0 Å². The molecule has 0 aliphatic carbocycles. The predicted molar refractivity (Wildman–Crippen MR) is 122 cm³/mol. The highest BCUT2D eigenvalue weighted by Crippen LogP contribution is 2.31. The quantitative estimate of drug-likeness (QED) is 0.708. The van der Waals surface area contributed by atoms with E-state index in [2.05, 4.69) is 41.2 Å². The largest absolute Gasteiger partial charge is 0.339 e. The molecule has 2 aliphatic heterocycles. The minimum absolute atomic E-state index is 0.101. The standard InChI is InChI=1S/C23H35N5O2S/c1-18(2)27-11-9-19(10-12-27)13-24-22-15-28(14-21(22)20-7-5-4-6-8-20)31(29,30)23-16-26(3)17-25-23/h4-8,16-19,21-22,24H,9-15H2,1-3H3. The Kier molecular flexibility index (Phi) is 6.81. The molecule has 170 valence electrons. The van der Waals surface area contributed by atoms with Gasteiger partial charge in [0, 0.05) is 44.3 Å². The smallest absolute Gasteiger partial charge is 0.262 e. The van der Waals surface area contributed by atoms with Crippen LogP contribution >= 0.6 is 0 Å². The van der Waals surface area contributed by atoms with Crippen molar-refractivity contribution in [2.45, 2.75) is 49.7 Å². The molecule has 31 heavy (non-hydrogen) atoms. The van der Waals surface area contributed by atoms with E-state index in [1.54, 1.807) is 22.1 Å². The van der Waals surface area contributed by atoms with E-state index in [1.807, 2.05) is 18.2 Å². The molecule has 0 spiro atoms. The number of imidazole rings is 1. The van der Waals surface area contributed by atoms with Gasteiger partial charge in [-0.05, 0) is 57.8 Å². The van der Waals surface area contributed by atoms with Gasteiger partial charge >= 0.3 is 0 Å². The van der Waals surface area contributed by atoms with Crippen LogP contribution in [0.1, 0.15) is 38.2 Å². The van der Waals surface area contributed by atoms with Gasteiger partial charge in [0.05, 0.1) is 6.33 Å². The summed E-state index contributed by atoms with van der Waals surface area (Å²) in [4.78, 5) is 6.65. The fourth-order valence-corrected chi connectivity index (χ4v) is 6.31. The fraction of sp³-hybridized carbons (Fsp3) is 0.609. The van der Waals surface area contributed by atoms with Crippen LogP contribution in [0.25, 0.3) is 0 Å². The average Bonchev–Trinajstić information content (AvgIpc) is 3.40. The zero-order valence-corrected chi connectivity index (χ0v) is 19.6. The molecule has 2 atom stereocenters. The van der Waals surface area contributed by atoms with Crippen LogP contribution in [0.2, 0.25) is 0 Å². The number of rotatable bonds is 7. The number of hydrogen-bond donors (Lipinski definition) is 1. The molecule has 3 heterocycles. The number of sulfonamides is 1. The van der Waals surface area contributed by atoms with Gasteiger partial charge in [0.1, 0.15) is 0 Å². The molecule has 2 aliphatic rings. The van der Waals surface area contributed by atoms with Gasteiger partial charge in [-0.25, -0.2) is 13.4 Å². The second-order valence-electron chi connectivity index (χ2n) is 9.30. The molecule has 2 saturated heterocycles. The Hall–Kier alpha value is -1.74. The lowest BCUT2D eigenvalue weighted by molar-refractivity contribution is 0.146. The Morgan fingerprint density at radius 1 is 1.13 bits per heavy atom. The second-order valence-corrected chi connectivity index (χ2v) is 11.2. The molecule has 1 aromatic carbocycles. The van der Waals surface area contributed by atoms with Crippen molar-refractivity contribution in [3.63, 3.8) is 0 Å². The van der Waals surface area contributed by atoms with Gasteiger partial charge in [-0.1, -0.05) is 30.3 Å². The van der Waals surface area contributed by atoms with Gasteiger partial charge in [0.2, 0.25) is 0 Å². The molecule has 0 saturated carbocycles. The average molecular weight is 446 g/mol. The monoisotopic (exact) mass is 445 g/mol. The van der Waals surface area contributed by atoms with Gasteiger partial charge in [-0.15, -0.1) is 0 Å². The number of aryl methyl sites for hydroxylation is 1. The molecule has 2 unspecified atom stereocenters. The van der Waals surface area contributed by atoms with Crippen LogP contribution < -0.4 is 5.32 Å². The maximum Gasteiger partial charge on any atom is 0.262 e. The molecule has 0 amide bonds. The summed E-state index contributed by atoms with van der Waals surface area (Å²) in [5.41, 5.74) is 1.19. The van der Waals surface area contributed by atoms with E-state index >= 15 is 0 Å². The zero-order valence-electron chi connectivity index (χ0n) is 18.8. The van der Waals surface area contributed by atoms with E-state index in [4.69, 9.17) is 0 Å². The predicted octanol–water partition coefficient (Wildman–Crippen LogP) is 2.29. The minimum Gasteiger partial charge on any atom is -0.339 e. The topological polar surface area (TPSA) is 70.5 Å². The third-order valence-corrected chi connectivity index (χ3v) is 8.56. The van der Waals surface area contributed by atoms with Gasteiger partial charge in [-0.2, -0.15) is 4.31 Å². The van der Waals surface area contributed by atoms with Crippen molar-refractivity contribution >= 4 is 10.0 Å². The second kappa shape index (κ2) is 9.40. The van der Waals surface area contributed by atoms with E-state index in [1.165, 1.54) is 24.7 Å². The third-order valence-electron chi connectivity index (χ3n) is 6.85. The number of benzene rings is 1. The lowest BCUT2D eigenvalue weighted by Crippen LogP contribution is -2.44. The summed E-state index contributed by atoms with van der Waals surface area (Å²) >= 11 is 0. The number of nitrogens with one attached hydrogen (secondary N) is 1. The molecule has 7 nitrogen and oxygen atoms in total. The Balaban J connectivity index is 1.46. The number of aromatic nitrogens is 2. The van der Waals surface area contributed by atoms with Gasteiger partial charge in [0.25, 0.3) is 10.0 Å². The third kappa shape index (κ3) is 5.03. The molecular weight excluding hydrogens is 410 g/mol. The molecule has 2 fully saturated rings. The van der Waals surface area contributed by atoms with E-state index in [0.29, 0.717) is 25.0 Å². The summed E-state index contributed by atoms with van der Waals surface area (Å²) in [5.74, 6) is 0.781. The van der Waals surface area contributed by atoms with Crippen molar-refractivity contribution in [1.29, 1.82) is 0 Å². The maximum atomic E-state index is 13.2. The van der Waals surface area contributed by atoms with Crippen LogP contribution in [0, 0.1) is 5.92 Å². The van der Waals surface area contributed by atoms with Crippen molar-refractivity contribution < 1.29 is 8.42 Å². The summed E-state index contributed by atoms with van der Waals surface area (Å²) in [7, 11) is -1.81. The summed E-state index contributed by atoms with van der Waals surface area (Å²) < 4.78 is 29.7. The van der Waals surface area contributed by atoms with E-state index in [9.17, 15) is 8.42 Å². The highest BCUT2D eigenvalue weighted by molar-refractivity contribution is 7.89. The lowest BCUT2D eigenvalue weighted by Gasteiger charge is -2.35. The summed E-state index contributed by atoms with van der Waals surface area (Å²) in [6.45, 7) is 8.72. The van der Waals surface area contributed by atoms with Crippen LogP contribution in [0.5, 0.6) is 0 Å². The highest BCUT2D eigenvalue weighted by Gasteiger charge is 2.41. The Morgan fingerprint density at radius 2 is 1.84 bits per heavy atom. The molecule has 2 aromatic rings. The summed E-state index contributed by atoms with van der Waals surface area (Å²) in [6.07, 6.45) is 5.51. The van der Waals surface area contributed by atoms with Crippen molar-refractivity contribution in [3.05, 3.63) is 48.4 Å². The van der Waals surface area contributed by atoms with Crippen molar-refractivity contribution in [3.8, 4) is 0 Å². The van der Waals surface area contributed by atoms with Crippen molar-refractivity contribution in [1.82, 2.24) is 24.1 Å². The molecule has 1 N–H and O–H groups in total. The van der Waals surface area contributed by atoms with Gasteiger partial charge < -0.3 is 14.8 Å². The normalized spacial score (nSPS) is 24.3. The van der Waals surface area contributed by atoms with E-state index in [-0.39, 0.29) is 17.0 Å². The Labute approximate surface area is 186 Å². The Bertz CT molecular complexity index is 951. The maximum absolute atomic E-state index is 13.2. The zero-order chi connectivity index (χ0) is 22.0. The first-order chi connectivity index (χ1) is 14.8. The van der Waals surface area contributed by atoms with E-state index in [0.717, 1.165) is 19.6 Å². The fourth-order valence-electron chi connectivity index (χ4n) is 4.85. The summed E-state index contributed by atoms with van der Waals surface area (Å²) in [5, 5.41) is 3.88. The first-order valence-electron chi connectivity index (χ1n) is 11.3. The molecule has 4 rings (SSSR count). The SMILES string of the molecule is CC(C)N1CCC(CNC2CN(S(=O)(=O)c3cn(C)cn3)CC2c2ccccc2)CC1. The van der Waals surface area contributed by atoms with Gasteiger partial charge in [0.15, 0.2) is 5.03 Å². The van der Waals surface area contributed by atoms with Crippen LogP contribution in [0.4, 0.5) is 0 Å². The number of likely N-dealkylation sites (tertiary alicyclic amines) is 1.